The molecule has 0 fully saturated rings. The molecule has 6 heteroatoms. The van der Waals surface area contributed by atoms with Crippen LogP contribution in [0.5, 0.6) is 5.75 Å². The van der Waals surface area contributed by atoms with Gasteiger partial charge < -0.3 is 15.4 Å². The van der Waals surface area contributed by atoms with E-state index in [1.54, 1.807) is 48.5 Å². The number of anilines is 2. The molecule has 2 rings (SSSR count). The highest BCUT2D eigenvalue weighted by molar-refractivity contribution is 9.10. The van der Waals surface area contributed by atoms with Crippen LogP contribution in [0.25, 0.3) is 0 Å². The zero-order valence-electron chi connectivity index (χ0n) is 12.8. The number of carbonyl (C=O) groups excluding carboxylic acids is 2. The van der Waals surface area contributed by atoms with Gasteiger partial charge in [-0.2, -0.15) is 0 Å². The van der Waals surface area contributed by atoms with Crippen molar-refractivity contribution in [3.8, 4) is 5.75 Å². The van der Waals surface area contributed by atoms with E-state index in [-0.39, 0.29) is 6.10 Å². The van der Waals surface area contributed by atoms with Crippen LogP contribution in [0, 0.1) is 0 Å². The molecule has 0 unspecified atom stereocenters. The van der Waals surface area contributed by atoms with Crippen molar-refractivity contribution in [2.45, 2.75) is 20.0 Å². The van der Waals surface area contributed by atoms with E-state index in [0.717, 1.165) is 4.47 Å². The second-order valence-corrected chi connectivity index (χ2v) is 5.99. The standard InChI is InChI=1S/C17H17BrN2O3/c1-11(2)23-15-6-4-3-5-14(15)20-17(22)16(21)19-13-9-7-12(18)8-10-13/h3-11H,1-2H3,(H,19,21)(H,20,22). The fourth-order valence-corrected chi connectivity index (χ4v) is 2.09. The molecule has 0 saturated heterocycles. The van der Waals surface area contributed by atoms with Crippen LogP contribution in [0.15, 0.2) is 53.0 Å². The van der Waals surface area contributed by atoms with Gasteiger partial charge in [0.15, 0.2) is 0 Å². The molecule has 0 aromatic heterocycles. The number of hydrogen-bond acceptors (Lipinski definition) is 3. The topological polar surface area (TPSA) is 67.4 Å². The maximum Gasteiger partial charge on any atom is 0.314 e. The van der Waals surface area contributed by atoms with Gasteiger partial charge in [0.05, 0.1) is 11.8 Å². The number of hydrogen-bond donors (Lipinski definition) is 2. The van der Waals surface area contributed by atoms with E-state index in [1.807, 2.05) is 13.8 Å². The van der Waals surface area contributed by atoms with E-state index in [0.29, 0.717) is 17.1 Å². The predicted octanol–water partition coefficient (Wildman–Crippen LogP) is 3.81. The van der Waals surface area contributed by atoms with Crippen LogP contribution in [0.4, 0.5) is 11.4 Å². The quantitative estimate of drug-likeness (QED) is 0.797. The van der Waals surface area contributed by atoms with E-state index < -0.39 is 11.8 Å². The van der Waals surface area contributed by atoms with Crippen LogP contribution in [0.2, 0.25) is 0 Å². The van der Waals surface area contributed by atoms with Crippen LogP contribution < -0.4 is 15.4 Å². The Hall–Kier alpha value is -2.34. The van der Waals surface area contributed by atoms with Crippen molar-refractivity contribution in [1.82, 2.24) is 0 Å². The van der Waals surface area contributed by atoms with E-state index in [2.05, 4.69) is 26.6 Å². The summed E-state index contributed by atoms with van der Waals surface area (Å²) in [5, 5.41) is 5.10. The average Bonchev–Trinajstić information content (AvgIpc) is 2.51. The van der Waals surface area contributed by atoms with Crippen LogP contribution >= 0.6 is 15.9 Å². The first-order chi connectivity index (χ1) is 11.0. The molecule has 0 aliphatic heterocycles. The molecule has 2 aromatic carbocycles. The van der Waals surface area contributed by atoms with Crippen molar-refractivity contribution in [3.63, 3.8) is 0 Å². The highest BCUT2D eigenvalue weighted by Crippen LogP contribution is 2.24. The van der Waals surface area contributed by atoms with Crippen molar-refractivity contribution in [2.24, 2.45) is 0 Å². The van der Waals surface area contributed by atoms with Crippen molar-refractivity contribution in [1.29, 1.82) is 0 Å². The molecule has 2 aromatic rings. The zero-order valence-corrected chi connectivity index (χ0v) is 14.4. The molecule has 0 aliphatic carbocycles. The van der Waals surface area contributed by atoms with Gasteiger partial charge in [-0.15, -0.1) is 0 Å². The second-order valence-electron chi connectivity index (χ2n) is 5.08. The maximum absolute atomic E-state index is 12.0. The van der Waals surface area contributed by atoms with Crippen LogP contribution in [-0.4, -0.2) is 17.9 Å². The molecule has 2 amide bonds. The predicted molar refractivity (Wildman–Crippen MR) is 93.6 cm³/mol. The SMILES string of the molecule is CC(C)Oc1ccccc1NC(=O)C(=O)Nc1ccc(Br)cc1. The molecule has 0 spiro atoms. The van der Waals surface area contributed by atoms with Crippen molar-refractivity contribution in [3.05, 3.63) is 53.0 Å². The molecule has 0 atom stereocenters. The molecule has 5 nitrogen and oxygen atoms in total. The fraction of sp³-hybridized carbons (Fsp3) is 0.176. The molecule has 2 N–H and O–H groups in total. The summed E-state index contributed by atoms with van der Waals surface area (Å²) >= 11 is 3.31. The molecule has 0 saturated carbocycles. The van der Waals surface area contributed by atoms with E-state index in [9.17, 15) is 9.59 Å². The highest BCUT2D eigenvalue weighted by Gasteiger charge is 2.16. The van der Waals surface area contributed by atoms with Gasteiger partial charge >= 0.3 is 11.8 Å². The minimum atomic E-state index is -0.757. The van der Waals surface area contributed by atoms with Crippen molar-refractivity contribution >= 4 is 39.1 Å². The first-order valence-corrected chi connectivity index (χ1v) is 7.88. The number of carbonyl (C=O) groups is 2. The Morgan fingerprint density at radius 2 is 1.57 bits per heavy atom. The van der Waals surface area contributed by atoms with E-state index in [1.165, 1.54) is 0 Å². The summed E-state index contributed by atoms with van der Waals surface area (Å²) < 4.78 is 6.49. The summed E-state index contributed by atoms with van der Waals surface area (Å²) in [5.74, 6) is -0.980. The molecular formula is C17H17BrN2O3. The molecule has 0 radical (unpaired) electrons. The van der Waals surface area contributed by atoms with Gasteiger partial charge in [-0.05, 0) is 50.2 Å². The average molecular weight is 377 g/mol. The summed E-state index contributed by atoms with van der Waals surface area (Å²) in [6.45, 7) is 3.78. The summed E-state index contributed by atoms with van der Waals surface area (Å²) in [5.41, 5.74) is 0.997. The Kier molecular flexibility index (Phi) is 5.76. The monoisotopic (exact) mass is 376 g/mol. The lowest BCUT2D eigenvalue weighted by molar-refractivity contribution is -0.133. The smallest absolute Gasteiger partial charge is 0.314 e. The van der Waals surface area contributed by atoms with Gasteiger partial charge in [-0.1, -0.05) is 28.1 Å². The number of para-hydroxylation sites is 2. The zero-order chi connectivity index (χ0) is 16.8. The van der Waals surface area contributed by atoms with Gasteiger partial charge in [-0.3, -0.25) is 9.59 Å². The van der Waals surface area contributed by atoms with Crippen molar-refractivity contribution < 1.29 is 14.3 Å². The number of benzene rings is 2. The molecule has 120 valence electrons. The summed E-state index contributed by atoms with van der Waals surface area (Å²) in [6, 6.07) is 13.9. The Morgan fingerprint density at radius 3 is 2.22 bits per heavy atom. The molecular weight excluding hydrogens is 360 g/mol. The van der Waals surface area contributed by atoms with Crippen LogP contribution in [0.1, 0.15) is 13.8 Å². The van der Waals surface area contributed by atoms with Gasteiger partial charge in [0.25, 0.3) is 0 Å². The third-order valence-corrected chi connectivity index (χ3v) is 3.33. The number of nitrogens with one attached hydrogen (secondary N) is 2. The first-order valence-electron chi connectivity index (χ1n) is 7.09. The number of ether oxygens (including phenoxy) is 1. The molecule has 23 heavy (non-hydrogen) atoms. The maximum atomic E-state index is 12.0. The molecule has 0 aliphatic rings. The second kappa shape index (κ2) is 7.78. The summed E-state index contributed by atoms with van der Waals surface area (Å²) in [4.78, 5) is 24.0. The number of halogens is 1. The molecule has 0 bridgehead atoms. The highest BCUT2D eigenvalue weighted by atomic mass is 79.9. The third kappa shape index (κ3) is 5.10. The van der Waals surface area contributed by atoms with Gasteiger partial charge in [0.2, 0.25) is 0 Å². The first kappa shape index (κ1) is 17.0. The van der Waals surface area contributed by atoms with Crippen molar-refractivity contribution in [2.75, 3.05) is 10.6 Å². The Morgan fingerprint density at radius 1 is 0.957 bits per heavy atom. The molecule has 0 heterocycles. The largest absolute Gasteiger partial charge is 0.489 e. The Bertz CT molecular complexity index is 699. The third-order valence-electron chi connectivity index (χ3n) is 2.81. The summed E-state index contributed by atoms with van der Waals surface area (Å²) in [6.07, 6.45) is -0.0374. The minimum Gasteiger partial charge on any atom is -0.489 e. The van der Waals surface area contributed by atoms with Gasteiger partial charge in [-0.25, -0.2) is 0 Å². The fourth-order valence-electron chi connectivity index (χ4n) is 1.83. The van der Waals surface area contributed by atoms with Crippen LogP contribution in [0.3, 0.4) is 0 Å². The van der Waals surface area contributed by atoms with E-state index in [4.69, 9.17) is 4.74 Å². The summed E-state index contributed by atoms with van der Waals surface area (Å²) in [7, 11) is 0. The van der Waals surface area contributed by atoms with Crippen LogP contribution in [-0.2, 0) is 9.59 Å². The van der Waals surface area contributed by atoms with E-state index >= 15 is 0 Å². The lowest BCUT2D eigenvalue weighted by Gasteiger charge is -2.14. The van der Waals surface area contributed by atoms with Gasteiger partial charge in [0, 0.05) is 10.2 Å². The normalized spacial score (nSPS) is 10.3. The lowest BCUT2D eigenvalue weighted by atomic mass is 10.2. The minimum absolute atomic E-state index is 0.0374. The number of amides is 2. The lowest BCUT2D eigenvalue weighted by Crippen LogP contribution is -2.29. The number of rotatable bonds is 4. The van der Waals surface area contributed by atoms with Gasteiger partial charge in [0.1, 0.15) is 5.75 Å². The Labute approximate surface area is 143 Å². The Balaban J connectivity index is 2.04.